The Bertz CT molecular complexity index is 475. The summed E-state index contributed by atoms with van der Waals surface area (Å²) in [6, 6.07) is 8.98. The van der Waals surface area contributed by atoms with Gasteiger partial charge in [0.25, 0.3) is 0 Å². The highest BCUT2D eigenvalue weighted by Gasteiger charge is 2.41. The normalized spacial score (nSPS) is 36.9. The third-order valence-corrected chi connectivity index (χ3v) is 5.56. The topological polar surface area (TPSA) is 41.5 Å². The lowest BCUT2D eigenvalue weighted by molar-refractivity contribution is -0.0295. The van der Waals surface area contributed by atoms with Gasteiger partial charge in [0.05, 0.1) is 6.10 Å². The zero-order valence-corrected chi connectivity index (χ0v) is 13.4. The lowest BCUT2D eigenvalue weighted by atomic mass is 9.75. The van der Waals surface area contributed by atoms with Gasteiger partial charge in [0, 0.05) is 30.1 Å². The van der Waals surface area contributed by atoms with Gasteiger partial charge in [0.2, 0.25) is 0 Å². The molecule has 0 amide bonds. The highest BCUT2D eigenvalue weighted by Crippen LogP contribution is 2.40. The van der Waals surface area contributed by atoms with E-state index in [0.29, 0.717) is 25.1 Å². The first-order valence-corrected chi connectivity index (χ1v) is 8.19. The maximum absolute atomic E-state index is 10.5. The number of hydrogen-bond donors (Lipinski definition) is 2. The summed E-state index contributed by atoms with van der Waals surface area (Å²) in [5.41, 5.74) is 0.722. The van der Waals surface area contributed by atoms with Crippen LogP contribution in [0.4, 0.5) is 0 Å². The van der Waals surface area contributed by atoms with Gasteiger partial charge in [-0.25, -0.2) is 0 Å². The molecule has 0 spiro atoms. The number of aliphatic hydroxyl groups is 1. The molecule has 3 nitrogen and oxygen atoms in total. The quantitative estimate of drug-likeness (QED) is 0.886. The fraction of sp³-hybridized carbons (Fsp3) is 0.625. The maximum atomic E-state index is 10.5. The van der Waals surface area contributed by atoms with E-state index in [2.05, 4.69) is 45.5 Å². The van der Waals surface area contributed by atoms with E-state index in [1.165, 1.54) is 10.0 Å². The molecule has 1 aliphatic heterocycles. The summed E-state index contributed by atoms with van der Waals surface area (Å²) in [7, 11) is 0. The van der Waals surface area contributed by atoms with Crippen LogP contribution in [0.15, 0.2) is 28.7 Å². The molecule has 1 saturated heterocycles. The number of ether oxygens (including phenoxy) is 1. The molecule has 1 aliphatic carbocycles. The molecule has 110 valence electrons. The molecular weight excluding hydrogens is 318 g/mol. The number of hydrogen-bond acceptors (Lipinski definition) is 3. The van der Waals surface area contributed by atoms with E-state index in [4.69, 9.17) is 4.74 Å². The first-order valence-electron chi connectivity index (χ1n) is 7.40. The van der Waals surface area contributed by atoms with E-state index in [0.717, 1.165) is 19.3 Å². The summed E-state index contributed by atoms with van der Waals surface area (Å²) in [5, 5.41) is 14.0. The van der Waals surface area contributed by atoms with Crippen molar-refractivity contribution in [3.05, 3.63) is 34.3 Å². The van der Waals surface area contributed by atoms with Crippen LogP contribution in [0.25, 0.3) is 0 Å². The third kappa shape index (κ3) is 2.80. The van der Waals surface area contributed by atoms with Crippen LogP contribution in [0.1, 0.15) is 37.7 Å². The monoisotopic (exact) mass is 339 g/mol. The Kier molecular flexibility index (Phi) is 4.18. The lowest BCUT2D eigenvalue weighted by Gasteiger charge is -2.39. The van der Waals surface area contributed by atoms with Gasteiger partial charge in [0.15, 0.2) is 0 Å². The third-order valence-electron chi connectivity index (χ3n) is 4.84. The minimum absolute atomic E-state index is 0.0610. The van der Waals surface area contributed by atoms with Crippen LogP contribution >= 0.6 is 15.9 Å². The summed E-state index contributed by atoms with van der Waals surface area (Å²) in [5.74, 6) is 0.634. The highest BCUT2D eigenvalue weighted by atomic mass is 79.9. The van der Waals surface area contributed by atoms with E-state index in [-0.39, 0.29) is 6.10 Å². The molecule has 2 unspecified atom stereocenters. The van der Waals surface area contributed by atoms with Crippen molar-refractivity contribution < 1.29 is 9.84 Å². The van der Waals surface area contributed by atoms with Gasteiger partial charge in [-0.05, 0) is 37.3 Å². The molecule has 1 aromatic rings. The molecule has 1 saturated carbocycles. The molecule has 2 fully saturated rings. The van der Waals surface area contributed by atoms with E-state index >= 15 is 0 Å². The van der Waals surface area contributed by atoms with Crippen molar-refractivity contribution in [2.75, 3.05) is 13.2 Å². The molecule has 0 aromatic heterocycles. The lowest BCUT2D eigenvalue weighted by Crippen LogP contribution is -2.51. The average Bonchev–Trinajstić information content (AvgIpc) is 2.70. The molecule has 2 N–H and O–H groups in total. The zero-order valence-electron chi connectivity index (χ0n) is 11.8. The van der Waals surface area contributed by atoms with Crippen molar-refractivity contribution in [1.29, 1.82) is 0 Å². The Morgan fingerprint density at radius 2 is 2.15 bits per heavy atom. The minimum atomic E-state index is -0.682. The molecule has 2 atom stereocenters. The zero-order chi connectivity index (χ0) is 14.2. The van der Waals surface area contributed by atoms with Crippen LogP contribution in [0.5, 0.6) is 0 Å². The summed E-state index contributed by atoms with van der Waals surface area (Å²) >= 11 is 3.62. The molecule has 2 aliphatic rings. The van der Waals surface area contributed by atoms with Crippen LogP contribution in [0.2, 0.25) is 0 Å². The van der Waals surface area contributed by atoms with Gasteiger partial charge in [-0.2, -0.15) is 0 Å². The summed E-state index contributed by atoms with van der Waals surface area (Å²) in [6.45, 7) is 3.27. The molecule has 0 radical (unpaired) electrons. The Labute approximate surface area is 128 Å². The number of benzene rings is 1. The van der Waals surface area contributed by atoms with Crippen molar-refractivity contribution in [3.63, 3.8) is 0 Å². The first kappa shape index (κ1) is 14.5. The van der Waals surface area contributed by atoms with Crippen molar-refractivity contribution in [1.82, 2.24) is 5.32 Å². The molecule has 0 bridgehead atoms. The standard InChI is InChI=1S/C16H22BrNO2/c1-11-16(19,6-7-20-11)10-18-13-8-12(9-13)14-4-2-3-5-15(14)17/h2-5,11-13,18-19H,6-10H2,1H3. The molecule has 1 heterocycles. The predicted octanol–water partition coefficient (Wildman–Crippen LogP) is 2.82. The second-order valence-corrected chi connectivity index (χ2v) is 6.99. The van der Waals surface area contributed by atoms with E-state index in [1.54, 1.807) is 0 Å². The second-order valence-electron chi connectivity index (χ2n) is 6.13. The predicted molar refractivity (Wildman–Crippen MR) is 82.9 cm³/mol. The molecule has 20 heavy (non-hydrogen) atoms. The van der Waals surface area contributed by atoms with Crippen molar-refractivity contribution in [3.8, 4) is 0 Å². The van der Waals surface area contributed by atoms with Crippen LogP contribution < -0.4 is 5.32 Å². The first-order chi connectivity index (χ1) is 9.58. The van der Waals surface area contributed by atoms with Gasteiger partial charge in [-0.15, -0.1) is 0 Å². The highest BCUT2D eigenvalue weighted by molar-refractivity contribution is 9.10. The van der Waals surface area contributed by atoms with E-state index in [9.17, 15) is 5.11 Å². The van der Waals surface area contributed by atoms with E-state index < -0.39 is 5.60 Å². The average molecular weight is 340 g/mol. The van der Waals surface area contributed by atoms with E-state index in [1.807, 2.05) is 6.92 Å². The summed E-state index contributed by atoms with van der Waals surface area (Å²) < 4.78 is 6.67. The number of nitrogens with one attached hydrogen (secondary N) is 1. The number of halogens is 1. The van der Waals surface area contributed by atoms with Gasteiger partial charge in [0.1, 0.15) is 5.60 Å². The van der Waals surface area contributed by atoms with Crippen LogP contribution in [0.3, 0.4) is 0 Å². The summed E-state index contributed by atoms with van der Waals surface area (Å²) in [4.78, 5) is 0. The van der Waals surface area contributed by atoms with Crippen molar-refractivity contribution >= 4 is 15.9 Å². The Morgan fingerprint density at radius 3 is 2.80 bits per heavy atom. The SMILES string of the molecule is CC1OCCC1(O)CNC1CC(c2ccccc2Br)C1. The van der Waals surface area contributed by atoms with Gasteiger partial charge < -0.3 is 15.2 Å². The van der Waals surface area contributed by atoms with Gasteiger partial charge in [-0.1, -0.05) is 34.1 Å². The molecular formula is C16H22BrNO2. The van der Waals surface area contributed by atoms with Crippen LogP contribution in [-0.2, 0) is 4.74 Å². The fourth-order valence-electron chi connectivity index (χ4n) is 3.17. The fourth-order valence-corrected chi connectivity index (χ4v) is 3.78. The van der Waals surface area contributed by atoms with Crippen LogP contribution in [0, 0.1) is 0 Å². The minimum Gasteiger partial charge on any atom is -0.386 e. The Morgan fingerprint density at radius 1 is 1.40 bits per heavy atom. The van der Waals surface area contributed by atoms with Gasteiger partial charge in [-0.3, -0.25) is 0 Å². The summed E-state index contributed by atoms with van der Waals surface area (Å²) in [6.07, 6.45) is 2.97. The second kappa shape index (κ2) is 5.76. The molecule has 3 rings (SSSR count). The Balaban J connectivity index is 1.48. The van der Waals surface area contributed by atoms with Crippen LogP contribution in [-0.4, -0.2) is 36.0 Å². The smallest absolute Gasteiger partial charge is 0.105 e. The van der Waals surface area contributed by atoms with Crippen molar-refractivity contribution in [2.24, 2.45) is 0 Å². The Hall–Kier alpha value is -0.420. The van der Waals surface area contributed by atoms with Gasteiger partial charge >= 0.3 is 0 Å². The van der Waals surface area contributed by atoms with Crippen molar-refractivity contribution in [2.45, 2.75) is 49.9 Å². The maximum Gasteiger partial charge on any atom is 0.105 e. The molecule has 1 aromatic carbocycles. The molecule has 4 heteroatoms. The number of rotatable bonds is 4. The largest absolute Gasteiger partial charge is 0.386 e.